The lowest BCUT2D eigenvalue weighted by Crippen LogP contribution is -2.09. The van der Waals surface area contributed by atoms with Gasteiger partial charge in [0.2, 0.25) is 0 Å². The van der Waals surface area contributed by atoms with Crippen molar-refractivity contribution < 1.29 is 5.11 Å². The van der Waals surface area contributed by atoms with Crippen molar-refractivity contribution in [1.82, 2.24) is 0 Å². The summed E-state index contributed by atoms with van der Waals surface area (Å²) in [5.74, 6) is 0.373. The van der Waals surface area contributed by atoms with Crippen LogP contribution in [0.3, 0.4) is 0 Å². The lowest BCUT2D eigenvalue weighted by atomic mass is 9.94. The zero-order valence-corrected chi connectivity index (χ0v) is 8.68. The second-order valence-corrected chi connectivity index (χ2v) is 3.69. The smallest absolute Gasteiger partial charge is 0.121 e. The summed E-state index contributed by atoms with van der Waals surface area (Å²) >= 11 is 0. The van der Waals surface area contributed by atoms with Crippen molar-refractivity contribution in [2.45, 2.75) is 33.7 Å². The van der Waals surface area contributed by atoms with Gasteiger partial charge in [-0.05, 0) is 49.9 Å². The fourth-order valence-electron chi connectivity index (χ4n) is 1.89. The fourth-order valence-corrected chi connectivity index (χ4v) is 1.89. The first-order valence-electron chi connectivity index (χ1n) is 4.50. The molecule has 1 aromatic rings. The number of benzene rings is 1. The molecule has 0 aliphatic carbocycles. The van der Waals surface area contributed by atoms with Crippen LogP contribution in [0.5, 0.6) is 5.75 Å². The Hall–Kier alpha value is -1.02. The highest BCUT2D eigenvalue weighted by Crippen LogP contribution is 2.30. The van der Waals surface area contributed by atoms with E-state index in [9.17, 15) is 5.11 Å². The lowest BCUT2D eigenvalue weighted by molar-refractivity contribution is 0.464. The predicted molar refractivity (Wildman–Crippen MR) is 54.9 cm³/mol. The molecule has 0 spiro atoms. The average Bonchev–Trinajstić information content (AvgIpc) is 1.99. The van der Waals surface area contributed by atoms with E-state index in [4.69, 9.17) is 5.73 Å². The standard InChI is InChI=1S/C11H17NO/c1-6-5-7(2)11(13)8(3)10(6)9(4)12/h5,9,13H,12H2,1-4H3. The largest absolute Gasteiger partial charge is 0.507 e. The highest BCUT2D eigenvalue weighted by molar-refractivity contribution is 5.49. The van der Waals surface area contributed by atoms with Crippen molar-refractivity contribution in [3.8, 4) is 5.75 Å². The van der Waals surface area contributed by atoms with Crippen molar-refractivity contribution in [2.24, 2.45) is 5.73 Å². The Balaban J connectivity index is 3.44. The van der Waals surface area contributed by atoms with Gasteiger partial charge >= 0.3 is 0 Å². The summed E-state index contributed by atoms with van der Waals surface area (Å²) in [6, 6.07) is 1.95. The van der Waals surface area contributed by atoms with Crippen LogP contribution in [0.15, 0.2) is 6.07 Å². The maximum atomic E-state index is 9.70. The molecule has 0 aliphatic heterocycles. The molecule has 2 nitrogen and oxygen atoms in total. The van der Waals surface area contributed by atoms with Crippen LogP contribution in [-0.4, -0.2) is 5.11 Å². The first-order chi connectivity index (χ1) is 5.95. The van der Waals surface area contributed by atoms with E-state index in [1.165, 1.54) is 0 Å². The van der Waals surface area contributed by atoms with Gasteiger partial charge in [-0.2, -0.15) is 0 Å². The van der Waals surface area contributed by atoms with Gasteiger partial charge in [-0.3, -0.25) is 0 Å². The van der Waals surface area contributed by atoms with E-state index in [0.717, 1.165) is 22.3 Å². The van der Waals surface area contributed by atoms with Crippen LogP contribution in [0, 0.1) is 20.8 Å². The molecule has 0 radical (unpaired) electrons. The monoisotopic (exact) mass is 179 g/mol. The number of phenols is 1. The van der Waals surface area contributed by atoms with Gasteiger partial charge in [0.1, 0.15) is 5.75 Å². The second kappa shape index (κ2) is 3.38. The highest BCUT2D eigenvalue weighted by Gasteiger charge is 2.12. The van der Waals surface area contributed by atoms with Crippen LogP contribution in [-0.2, 0) is 0 Å². The Kier molecular flexibility index (Phi) is 2.62. The summed E-state index contributed by atoms with van der Waals surface area (Å²) in [5.41, 5.74) is 9.86. The normalized spacial score (nSPS) is 13.0. The first-order valence-corrected chi connectivity index (χ1v) is 4.50. The van der Waals surface area contributed by atoms with Gasteiger partial charge in [-0.1, -0.05) is 6.07 Å². The Morgan fingerprint density at radius 3 is 2.23 bits per heavy atom. The number of rotatable bonds is 1. The topological polar surface area (TPSA) is 46.2 Å². The minimum Gasteiger partial charge on any atom is -0.507 e. The third-order valence-corrected chi connectivity index (χ3v) is 2.45. The van der Waals surface area contributed by atoms with Gasteiger partial charge in [0.15, 0.2) is 0 Å². The number of phenolic OH excluding ortho intramolecular Hbond substituents is 1. The van der Waals surface area contributed by atoms with Crippen molar-refractivity contribution in [3.05, 3.63) is 28.3 Å². The quantitative estimate of drug-likeness (QED) is 0.695. The first kappa shape index (κ1) is 10.1. The van der Waals surface area contributed by atoms with Gasteiger partial charge in [0.25, 0.3) is 0 Å². The van der Waals surface area contributed by atoms with E-state index >= 15 is 0 Å². The number of aromatic hydroxyl groups is 1. The summed E-state index contributed by atoms with van der Waals surface area (Å²) in [6.07, 6.45) is 0. The van der Waals surface area contributed by atoms with Crippen LogP contribution >= 0.6 is 0 Å². The number of hydrogen-bond acceptors (Lipinski definition) is 2. The molecule has 1 rings (SSSR count). The second-order valence-electron chi connectivity index (χ2n) is 3.69. The predicted octanol–water partition coefficient (Wildman–Crippen LogP) is 2.34. The van der Waals surface area contributed by atoms with E-state index in [1.54, 1.807) is 0 Å². The third-order valence-electron chi connectivity index (χ3n) is 2.45. The van der Waals surface area contributed by atoms with Crippen molar-refractivity contribution in [2.75, 3.05) is 0 Å². The average molecular weight is 179 g/mol. The molecule has 1 aromatic carbocycles. The molecular formula is C11H17NO. The minimum absolute atomic E-state index is 0.0218. The van der Waals surface area contributed by atoms with E-state index in [-0.39, 0.29) is 6.04 Å². The Morgan fingerprint density at radius 1 is 1.23 bits per heavy atom. The molecule has 0 saturated carbocycles. The maximum absolute atomic E-state index is 9.70. The van der Waals surface area contributed by atoms with Gasteiger partial charge in [0.05, 0.1) is 0 Å². The molecule has 2 heteroatoms. The summed E-state index contributed by atoms with van der Waals surface area (Å²) in [6.45, 7) is 7.77. The zero-order valence-electron chi connectivity index (χ0n) is 8.68. The van der Waals surface area contributed by atoms with Crippen molar-refractivity contribution >= 4 is 0 Å². The summed E-state index contributed by atoms with van der Waals surface area (Å²) in [7, 11) is 0. The van der Waals surface area contributed by atoms with E-state index in [1.807, 2.05) is 33.8 Å². The van der Waals surface area contributed by atoms with E-state index in [2.05, 4.69) is 0 Å². The molecule has 0 amide bonds. The molecular weight excluding hydrogens is 162 g/mol. The van der Waals surface area contributed by atoms with Crippen LogP contribution < -0.4 is 5.73 Å². The third kappa shape index (κ3) is 1.68. The highest BCUT2D eigenvalue weighted by atomic mass is 16.3. The molecule has 3 N–H and O–H groups in total. The van der Waals surface area contributed by atoms with Gasteiger partial charge in [-0.15, -0.1) is 0 Å². The summed E-state index contributed by atoms with van der Waals surface area (Å²) in [4.78, 5) is 0. The van der Waals surface area contributed by atoms with Crippen LogP contribution in [0.2, 0.25) is 0 Å². The molecule has 0 aliphatic rings. The molecule has 0 heterocycles. The minimum atomic E-state index is -0.0218. The molecule has 0 saturated heterocycles. The Labute approximate surface area is 79.4 Å². The summed E-state index contributed by atoms with van der Waals surface area (Å²) in [5, 5.41) is 9.70. The zero-order chi connectivity index (χ0) is 10.2. The summed E-state index contributed by atoms with van der Waals surface area (Å²) < 4.78 is 0. The van der Waals surface area contributed by atoms with Crippen molar-refractivity contribution in [3.63, 3.8) is 0 Å². The van der Waals surface area contributed by atoms with Gasteiger partial charge < -0.3 is 10.8 Å². The van der Waals surface area contributed by atoms with Crippen LogP contribution in [0.1, 0.15) is 35.2 Å². The molecule has 0 fully saturated rings. The molecule has 0 aromatic heterocycles. The van der Waals surface area contributed by atoms with Gasteiger partial charge in [-0.25, -0.2) is 0 Å². The fraction of sp³-hybridized carbons (Fsp3) is 0.455. The molecule has 72 valence electrons. The van der Waals surface area contributed by atoms with Crippen LogP contribution in [0.25, 0.3) is 0 Å². The Morgan fingerprint density at radius 2 is 1.77 bits per heavy atom. The molecule has 1 atom stereocenters. The van der Waals surface area contributed by atoms with Crippen LogP contribution in [0.4, 0.5) is 0 Å². The molecule has 13 heavy (non-hydrogen) atoms. The maximum Gasteiger partial charge on any atom is 0.121 e. The number of nitrogens with two attached hydrogens (primary N) is 1. The van der Waals surface area contributed by atoms with E-state index in [0.29, 0.717) is 5.75 Å². The SMILES string of the molecule is Cc1cc(C)c(C(C)N)c(C)c1O. The van der Waals surface area contributed by atoms with Crippen molar-refractivity contribution in [1.29, 1.82) is 0 Å². The molecule has 1 unspecified atom stereocenters. The molecule has 0 bridgehead atoms. The number of aryl methyl sites for hydroxylation is 2. The van der Waals surface area contributed by atoms with E-state index < -0.39 is 0 Å². The lowest BCUT2D eigenvalue weighted by Gasteiger charge is -2.16. The Bertz CT molecular complexity index is 329. The van der Waals surface area contributed by atoms with Gasteiger partial charge in [0, 0.05) is 6.04 Å². The number of hydrogen-bond donors (Lipinski definition) is 2.